The highest BCUT2D eigenvalue weighted by molar-refractivity contribution is 5.76. The predicted octanol–water partition coefficient (Wildman–Crippen LogP) is 4.95. The van der Waals surface area contributed by atoms with Gasteiger partial charge in [-0.15, -0.1) is 0 Å². The second-order valence-electron chi connectivity index (χ2n) is 9.84. The van der Waals surface area contributed by atoms with E-state index in [1.54, 1.807) is 23.1 Å². The quantitative estimate of drug-likeness (QED) is 0.443. The number of urea groups is 1. The number of hydrogen-bond donors (Lipinski definition) is 3. The molecule has 0 saturated carbocycles. The van der Waals surface area contributed by atoms with Gasteiger partial charge >= 0.3 is 18.2 Å². The van der Waals surface area contributed by atoms with Crippen LogP contribution < -0.4 is 5.32 Å². The van der Waals surface area contributed by atoms with E-state index < -0.39 is 23.6 Å². The Balaban J connectivity index is 1.51. The molecule has 0 radical (unpaired) electrons. The summed E-state index contributed by atoms with van der Waals surface area (Å²) in [5, 5.41) is 22.1. The van der Waals surface area contributed by atoms with Gasteiger partial charge in [-0.25, -0.2) is 9.78 Å². The summed E-state index contributed by atoms with van der Waals surface area (Å²) in [7, 11) is 0. The van der Waals surface area contributed by atoms with E-state index in [-0.39, 0.29) is 41.0 Å². The predicted molar refractivity (Wildman–Crippen MR) is 130 cm³/mol. The number of ether oxygens (including phenoxy) is 1. The molecule has 1 aliphatic heterocycles. The maximum atomic E-state index is 14.2. The van der Waals surface area contributed by atoms with Gasteiger partial charge in [-0.3, -0.25) is 0 Å². The summed E-state index contributed by atoms with van der Waals surface area (Å²) in [4.78, 5) is 20.8. The summed E-state index contributed by atoms with van der Waals surface area (Å²) < 4.78 is 48.3. The summed E-state index contributed by atoms with van der Waals surface area (Å²) in [5.41, 5.74) is -0.164. The van der Waals surface area contributed by atoms with E-state index >= 15 is 0 Å². The largest absolute Gasteiger partial charge is 0.493 e. The Morgan fingerprint density at radius 2 is 1.68 bits per heavy atom. The molecular formula is C26H27F3N4O4. The molecule has 0 unspecified atom stereocenters. The number of halogens is 3. The molecule has 3 N–H and O–H groups in total. The van der Waals surface area contributed by atoms with Crippen LogP contribution in [0.3, 0.4) is 0 Å². The molecule has 2 aromatic carbocycles. The lowest BCUT2D eigenvalue weighted by Crippen LogP contribution is -2.60. The van der Waals surface area contributed by atoms with Crippen molar-refractivity contribution in [3.8, 4) is 34.1 Å². The van der Waals surface area contributed by atoms with Crippen molar-refractivity contribution in [1.29, 1.82) is 0 Å². The van der Waals surface area contributed by atoms with Gasteiger partial charge in [-0.2, -0.15) is 18.2 Å². The average molecular weight is 517 g/mol. The van der Waals surface area contributed by atoms with E-state index in [1.807, 2.05) is 20.8 Å². The molecule has 1 aromatic heterocycles. The Kier molecular flexibility index (Phi) is 7.00. The fourth-order valence-corrected chi connectivity index (χ4v) is 4.01. The van der Waals surface area contributed by atoms with Gasteiger partial charge in [-0.05, 0) is 43.0 Å². The molecule has 0 aliphatic carbocycles. The van der Waals surface area contributed by atoms with Crippen LogP contribution in [0, 0.1) is 0 Å². The molecule has 3 aromatic rings. The van der Waals surface area contributed by atoms with Crippen LogP contribution in [-0.4, -0.2) is 55.8 Å². The summed E-state index contributed by atoms with van der Waals surface area (Å²) in [6, 6.07) is 9.60. The summed E-state index contributed by atoms with van der Waals surface area (Å²) in [5.74, 6) is -0.444. The van der Waals surface area contributed by atoms with Crippen molar-refractivity contribution in [2.24, 2.45) is 0 Å². The van der Waals surface area contributed by atoms with Crippen molar-refractivity contribution in [3.05, 3.63) is 59.8 Å². The number of aromatic hydroxyl groups is 2. The first kappa shape index (κ1) is 26.2. The number of alkyl halides is 3. The number of aromatic nitrogens is 2. The van der Waals surface area contributed by atoms with Crippen molar-refractivity contribution in [2.45, 2.75) is 45.2 Å². The minimum absolute atomic E-state index is 0.00347. The minimum atomic E-state index is -4.63. The van der Waals surface area contributed by atoms with Crippen molar-refractivity contribution in [2.75, 3.05) is 13.1 Å². The molecule has 0 bridgehead atoms. The molecule has 1 saturated heterocycles. The molecule has 2 amide bonds. The third kappa shape index (κ3) is 6.11. The molecule has 2 heterocycles. The van der Waals surface area contributed by atoms with Gasteiger partial charge in [0.15, 0.2) is 0 Å². The number of likely N-dealkylation sites (tertiary alicyclic amines) is 1. The number of benzene rings is 2. The molecule has 11 heteroatoms. The van der Waals surface area contributed by atoms with Gasteiger partial charge in [0, 0.05) is 11.7 Å². The monoisotopic (exact) mass is 516 g/mol. The lowest BCUT2D eigenvalue weighted by molar-refractivity contribution is -0.139. The Hall–Kier alpha value is -3.86. The van der Waals surface area contributed by atoms with Crippen molar-refractivity contribution < 1.29 is 32.9 Å². The standard InChI is InChI=1S/C26H27F3N4O4/c1-25(2,3)32-24(36)33-12-18(13-33)37-14-17-5-4-6-19(21(17)26(27,28)29)15-7-9-16(10-8-15)20-11-30-23(35)31-22(20)34/h4-11,18H,12-14H2,1-3H3,(H,32,36)(H2,30,31,34,35). The van der Waals surface area contributed by atoms with E-state index in [9.17, 15) is 28.2 Å². The number of carbonyl (C=O) groups is 1. The summed E-state index contributed by atoms with van der Waals surface area (Å²) in [6.45, 7) is 5.95. The molecule has 0 atom stereocenters. The zero-order valence-electron chi connectivity index (χ0n) is 20.5. The van der Waals surface area contributed by atoms with Crippen LogP contribution in [0.1, 0.15) is 31.9 Å². The fraction of sp³-hybridized carbons (Fsp3) is 0.346. The van der Waals surface area contributed by atoms with Crippen molar-refractivity contribution in [1.82, 2.24) is 20.2 Å². The summed E-state index contributed by atoms with van der Waals surface area (Å²) >= 11 is 0. The Morgan fingerprint density at radius 3 is 2.24 bits per heavy atom. The van der Waals surface area contributed by atoms with Crippen LogP contribution in [0.5, 0.6) is 11.9 Å². The van der Waals surface area contributed by atoms with Gasteiger partial charge in [0.25, 0.3) is 0 Å². The second kappa shape index (κ2) is 9.89. The second-order valence-corrected chi connectivity index (χ2v) is 9.84. The van der Waals surface area contributed by atoms with Crippen LogP contribution in [0.15, 0.2) is 48.7 Å². The Bertz CT molecular complexity index is 1280. The molecule has 0 spiro atoms. The third-order valence-electron chi connectivity index (χ3n) is 5.79. The van der Waals surface area contributed by atoms with E-state index in [0.717, 1.165) is 0 Å². The van der Waals surface area contributed by atoms with Gasteiger partial charge in [0.1, 0.15) is 0 Å². The highest BCUT2D eigenvalue weighted by Gasteiger charge is 2.38. The Labute approximate surface area is 211 Å². The highest BCUT2D eigenvalue weighted by Crippen LogP contribution is 2.40. The van der Waals surface area contributed by atoms with Gasteiger partial charge < -0.3 is 25.2 Å². The van der Waals surface area contributed by atoms with Crippen LogP contribution in [0.25, 0.3) is 22.3 Å². The number of amides is 2. The molecule has 8 nitrogen and oxygen atoms in total. The molecule has 196 valence electrons. The number of rotatable bonds is 5. The SMILES string of the molecule is CC(C)(C)NC(=O)N1CC(OCc2cccc(-c3ccc(-c4cnc(O)nc4O)cc3)c2C(F)(F)F)C1. The van der Waals surface area contributed by atoms with Gasteiger partial charge in [0.2, 0.25) is 5.88 Å². The fourth-order valence-electron chi connectivity index (χ4n) is 4.01. The number of nitrogens with one attached hydrogen (secondary N) is 1. The number of carbonyl (C=O) groups excluding carboxylic acids is 1. The van der Waals surface area contributed by atoms with Crippen LogP contribution in [0.2, 0.25) is 0 Å². The molecule has 1 aliphatic rings. The highest BCUT2D eigenvalue weighted by atomic mass is 19.4. The number of hydrogen-bond acceptors (Lipinski definition) is 6. The van der Waals surface area contributed by atoms with E-state index in [2.05, 4.69) is 15.3 Å². The zero-order chi connectivity index (χ0) is 27.0. The lowest BCUT2D eigenvalue weighted by Gasteiger charge is -2.40. The maximum absolute atomic E-state index is 14.2. The van der Waals surface area contributed by atoms with Gasteiger partial charge in [-0.1, -0.05) is 42.5 Å². The molecule has 4 rings (SSSR count). The average Bonchev–Trinajstić information content (AvgIpc) is 2.76. The molecule has 1 fully saturated rings. The maximum Gasteiger partial charge on any atom is 0.417 e. The van der Waals surface area contributed by atoms with E-state index in [4.69, 9.17) is 4.74 Å². The lowest BCUT2D eigenvalue weighted by atomic mass is 9.94. The normalized spacial score (nSPS) is 14.4. The zero-order valence-corrected chi connectivity index (χ0v) is 20.5. The first-order valence-corrected chi connectivity index (χ1v) is 11.6. The van der Waals surface area contributed by atoms with Crippen LogP contribution >= 0.6 is 0 Å². The van der Waals surface area contributed by atoms with Gasteiger partial charge in [0.05, 0.1) is 36.9 Å². The van der Waals surface area contributed by atoms with E-state index in [1.165, 1.54) is 30.5 Å². The first-order chi connectivity index (χ1) is 17.3. The minimum Gasteiger partial charge on any atom is -0.493 e. The van der Waals surface area contributed by atoms with E-state index in [0.29, 0.717) is 24.2 Å². The van der Waals surface area contributed by atoms with Crippen molar-refractivity contribution >= 4 is 6.03 Å². The summed E-state index contributed by atoms with van der Waals surface area (Å²) in [6.07, 6.45) is -3.76. The number of nitrogens with zero attached hydrogens (tertiary/aromatic N) is 3. The molecule has 37 heavy (non-hydrogen) atoms. The molecular weight excluding hydrogens is 489 g/mol. The topological polar surface area (TPSA) is 108 Å². The van der Waals surface area contributed by atoms with Crippen LogP contribution in [-0.2, 0) is 17.5 Å². The first-order valence-electron chi connectivity index (χ1n) is 11.6. The smallest absolute Gasteiger partial charge is 0.417 e. The third-order valence-corrected chi connectivity index (χ3v) is 5.79. The van der Waals surface area contributed by atoms with Crippen molar-refractivity contribution in [3.63, 3.8) is 0 Å². The Morgan fingerprint density at radius 1 is 1.05 bits per heavy atom. The van der Waals surface area contributed by atoms with Crippen LogP contribution in [0.4, 0.5) is 18.0 Å².